The van der Waals surface area contributed by atoms with Gasteiger partial charge in [0.15, 0.2) is 0 Å². The molecule has 0 fully saturated rings. The molecule has 2 nitrogen and oxygen atoms in total. The van der Waals surface area contributed by atoms with Gasteiger partial charge < -0.3 is 4.74 Å². The summed E-state index contributed by atoms with van der Waals surface area (Å²) in [6.07, 6.45) is 1.11. The van der Waals surface area contributed by atoms with Crippen molar-refractivity contribution in [2.75, 3.05) is 7.11 Å². The predicted molar refractivity (Wildman–Crippen MR) is 22.2 cm³/mol. The van der Waals surface area contributed by atoms with Crippen molar-refractivity contribution in [3.63, 3.8) is 0 Å². The molecule has 44 valence electrons. The smallest absolute Gasteiger partial charge is 0.329 e. The molecule has 0 saturated heterocycles. The van der Waals surface area contributed by atoms with E-state index in [0.717, 1.165) is 6.08 Å². The number of methoxy groups -OCH3 is 1. The van der Waals surface area contributed by atoms with E-state index in [0.29, 0.717) is 0 Å². The average molecular weight is 193 g/mol. The van der Waals surface area contributed by atoms with Crippen molar-refractivity contribution in [2.45, 2.75) is 0 Å². The molecular weight excluding hydrogens is 186 g/mol. The minimum Gasteiger partial charge on any atom is -0.466 e. The Labute approximate surface area is 56.2 Å². The number of hydrogen-bond donors (Lipinski definition) is 0. The maximum atomic E-state index is 9.84. The molecule has 0 unspecified atom stereocenters. The molecule has 0 aromatic rings. The summed E-state index contributed by atoms with van der Waals surface area (Å²) in [7, 11) is 1.31. The van der Waals surface area contributed by atoms with E-state index in [9.17, 15) is 4.79 Å². The third-order valence-corrected chi connectivity index (χ3v) is 0.368. The fourth-order valence-electron chi connectivity index (χ4n) is 0.0833. The van der Waals surface area contributed by atoms with E-state index in [2.05, 4.69) is 11.3 Å². The van der Waals surface area contributed by atoms with Crippen LogP contribution in [0.1, 0.15) is 0 Å². The number of rotatable bonds is 1. The molecule has 0 N–H and O–H groups in total. The fraction of sp³-hybridized carbons (Fsp3) is 0.250. The van der Waals surface area contributed by atoms with Gasteiger partial charge in [-0.25, -0.2) is 4.79 Å². The Hall–Kier alpha value is -0.128. The van der Waals surface area contributed by atoms with Gasteiger partial charge in [0.25, 0.3) is 0 Å². The first-order valence-electron chi connectivity index (χ1n) is 1.51. The molecule has 0 aromatic heterocycles. The van der Waals surface area contributed by atoms with E-state index in [-0.39, 0.29) is 20.4 Å². The monoisotopic (exact) mass is 192 g/mol. The van der Waals surface area contributed by atoms with Crippen molar-refractivity contribution >= 4 is 5.97 Å². The molecule has 0 radical (unpaired) electrons. The fourth-order valence-corrected chi connectivity index (χ4v) is 0.0833. The molecule has 0 aliphatic rings. The summed E-state index contributed by atoms with van der Waals surface area (Å²) in [6, 6.07) is 0. The Morgan fingerprint density at radius 2 is 2.29 bits per heavy atom. The second-order valence-corrected chi connectivity index (χ2v) is 0.727. The van der Waals surface area contributed by atoms with Crippen LogP contribution in [0.2, 0.25) is 0 Å². The Balaban J connectivity index is 0. The summed E-state index contributed by atoms with van der Waals surface area (Å²) in [6.45, 7) is 3.16. The molecule has 0 spiro atoms. The van der Waals surface area contributed by atoms with Gasteiger partial charge in [-0.2, -0.15) is 0 Å². The van der Waals surface area contributed by atoms with E-state index in [4.69, 9.17) is 0 Å². The van der Waals surface area contributed by atoms with Crippen LogP contribution in [0.3, 0.4) is 0 Å². The largest absolute Gasteiger partial charge is 0.466 e. The third-order valence-electron chi connectivity index (χ3n) is 0.368. The normalized spacial score (nSPS) is 5.86. The van der Waals surface area contributed by atoms with Crippen LogP contribution in [0, 0.1) is 0 Å². The van der Waals surface area contributed by atoms with Gasteiger partial charge in [0.1, 0.15) is 0 Å². The third kappa shape index (κ3) is 5.87. The first kappa shape index (κ1) is 9.98. The van der Waals surface area contributed by atoms with Crippen molar-refractivity contribution in [1.82, 2.24) is 0 Å². The molecule has 0 heterocycles. The van der Waals surface area contributed by atoms with Crippen LogP contribution in [0.15, 0.2) is 12.7 Å². The summed E-state index contributed by atoms with van der Waals surface area (Å²) in [5.41, 5.74) is 0. The summed E-state index contributed by atoms with van der Waals surface area (Å²) < 4.78 is 4.14. The molecule has 0 bridgehead atoms. The maximum Gasteiger partial charge on any atom is 0.329 e. The Morgan fingerprint density at radius 1 is 1.86 bits per heavy atom. The summed E-state index contributed by atoms with van der Waals surface area (Å²) >= 11 is 0. The summed E-state index contributed by atoms with van der Waals surface area (Å²) in [5.74, 6) is -0.394. The van der Waals surface area contributed by atoms with Gasteiger partial charge in [-0.3, -0.25) is 0 Å². The standard InChI is InChI=1S/C4H6O2.Pd/c1-3-4(5)6-2;/h3H,1H2,2H3;. The van der Waals surface area contributed by atoms with Crippen LogP contribution >= 0.6 is 0 Å². The molecule has 0 aromatic carbocycles. The van der Waals surface area contributed by atoms with Gasteiger partial charge in [0.05, 0.1) is 7.11 Å². The molecule has 0 aliphatic heterocycles. The zero-order valence-corrected chi connectivity index (χ0v) is 5.47. The van der Waals surface area contributed by atoms with Crippen molar-refractivity contribution in [2.24, 2.45) is 0 Å². The second-order valence-electron chi connectivity index (χ2n) is 0.727. The van der Waals surface area contributed by atoms with Gasteiger partial charge in [0.2, 0.25) is 0 Å². The molecule has 0 aliphatic carbocycles. The SMILES string of the molecule is C=CC(=O)OC.[Pd]. The molecule has 0 saturated carbocycles. The van der Waals surface area contributed by atoms with Gasteiger partial charge in [-0.05, 0) is 0 Å². The first-order valence-corrected chi connectivity index (χ1v) is 1.51. The zero-order valence-electron chi connectivity index (χ0n) is 3.92. The number of carbonyl (C=O) groups is 1. The van der Waals surface area contributed by atoms with Crippen molar-refractivity contribution in [1.29, 1.82) is 0 Å². The van der Waals surface area contributed by atoms with E-state index in [1.807, 2.05) is 0 Å². The van der Waals surface area contributed by atoms with Crippen LogP contribution in [0.4, 0.5) is 0 Å². The van der Waals surface area contributed by atoms with Crippen molar-refractivity contribution in [3.8, 4) is 0 Å². The number of esters is 1. The molecule has 3 heteroatoms. The second kappa shape index (κ2) is 5.87. The van der Waals surface area contributed by atoms with Crippen molar-refractivity contribution < 1.29 is 30.0 Å². The Morgan fingerprint density at radius 3 is 2.29 bits per heavy atom. The van der Waals surface area contributed by atoms with Gasteiger partial charge >= 0.3 is 5.97 Å². The van der Waals surface area contributed by atoms with Crippen molar-refractivity contribution in [3.05, 3.63) is 12.7 Å². The van der Waals surface area contributed by atoms with Crippen LogP contribution < -0.4 is 0 Å². The van der Waals surface area contributed by atoms with E-state index >= 15 is 0 Å². The minimum absolute atomic E-state index is 0. The van der Waals surface area contributed by atoms with Crippen LogP contribution in [0.5, 0.6) is 0 Å². The summed E-state index contributed by atoms with van der Waals surface area (Å²) in [4.78, 5) is 9.84. The number of ether oxygens (including phenoxy) is 1. The molecule has 7 heavy (non-hydrogen) atoms. The quantitative estimate of drug-likeness (QED) is 0.340. The average Bonchev–Trinajstić information content (AvgIpc) is 1.65. The Kier molecular flexibility index (Phi) is 8.37. The van der Waals surface area contributed by atoms with Crippen LogP contribution in [0.25, 0.3) is 0 Å². The van der Waals surface area contributed by atoms with Crippen LogP contribution in [-0.4, -0.2) is 13.1 Å². The number of carbonyl (C=O) groups excluding carboxylic acids is 1. The van der Waals surface area contributed by atoms with E-state index in [1.165, 1.54) is 7.11 Å². The molecular formula is C4H6O2Pd. The Bertz CT molecular complexity index is 70.1. The van der Waals surface area contributed by atoms with E-state index in [1.54, 1.807) is 0 Å². The topological polar surface area (TPSA) is 26.3 Å². The molecule has 0 atom stereocenters. The molecule has 0 rings (SSSR count). The minimum atomic E-state index is -0.394. The van der Waals surface area contributed by atoms with E-state index < -0.39 is 5.97 Å². The van der Waals surface area contributed by atoms with Gasteiger partial charge in [-0.1, -0.05) is 6.58 Å². The maximum absolute atomic E-state index is 9.84. The predicted octanol–water partition coefficient (Wildman–Crippen LogP) is 0.343. The van der Waals surface area contributed by atoms with Gasteiger partial charge in [-0.15, -0.1) is 0 Å². The van der Waals surface area contributed by atoms with Crippen LogP contribution in [-0.2, 0) is 30.0 Å². The first-order chi connectivity index (χ1) is 2.81. The molecule has 0 amide bonds. The zero-order chi connectivity index (χ0) is 4.99. The summed E-state index contributed by atoms with van der Waals surface area (Å²) in [5, 5.41) is 0. The number of hydrogen-bond acceptors (Lipinski definition) is 2. The van der Waals surface area contributed by atoms with Gasteiger partial charge in [0, 0.05) is 26.5 Å².